The van der Waals surface area contributed by atoms with Gasteiger partial charge in [-0.05, 0) is 40.3 Å². The molecule has 1 amide bonds. The minimum Gasteiger partial charge on any atom is -0.355 e. The lowest BCUT2D eigenvalue weighted by atomic mass is 9.93. The predicted molar refractivity (Wildman–Crippen MR) is 77.7 cm³/mol. The second kappa shape index (κ2) is 7.10. The number of rotatable bonds is 7. The molecule has 4 nitrogen and oxygen atoms in total. The molecule has 0 fully saturated rings. The molecule has 0 aliphatic carbocycles. The fraction of sp³-hybridized carbons (Fsp3) is 0.929. The largest absolute Gasteiger partial charge is 0.355 e. The Balaban J connectivity index is 3.83. The van der Waals surface area contributed by atoms with E-state index in [2.05, 4.69) is 64.2 Å². The van der Waals surface area contributed by atoms with Crippen LogP contribution in [-0.4, -0.2) is 50.1 Å². The van der Waals surface area contributed by atoms with Crippen molar-refractivity contribution in [1.82, 2.24) is 15.5 Å². The summed E-state index contributed by atoms with van der Waals surface area (Å²) in [4.78, 5) is 13.8. The molecule has 0 bridgehead atoms. The summed E-state index contributed by atoms with van der Waals surface area (Å²) in [5, 5.41) is 6.32. The van der Waals surface area contributed by atoms with E-state index in [1.807, 2.05) is 0 Å². The molecule has 0 radical (unpaired) electrons. The first kappa shape index (κ1) is 17.4. The average molecular weight is 257 g/mol. The summed E-state index contributed by atoms with van der Waals surface area (Å²) in [6.45, 7) is 13.1. The first-order valence-electron chi connectivity index (χ1n) is 6.68. The maximum atomic E-state index is 11.7. The van der Waals surface area contributed by atoms with Crippen molar-refractivity contribution in [1.29, 1.82) is 0 Å². The van der Waals surface area contributed by atoms with Gasteiger partial charge in [0.1, 0.15) is 0 Å². The van der Waals surface area contributed by atoms with Crippen LogP contribution in [0.25, 0.3) is 0 Å². The Morgan fingerprint density at radius 3 is 2.11 bits per heavy atom. The van der Waals surface area contributed by atoms with Crippen molar-refractivity contribution in [3.63, 3.8) is 0 Å². The molecule has 108 valence electrons. The quantitative estimate of drug-likeness (QED) is 0.726. The van der Waals surface area contributed by atoms with Crippen molar-refractivity contribution < 1.29 is 4.79 Å². The topological polar surface area (TPSA) is 44.4 Å². The van der Waals surface area contributed by atoms with Crippen molar-refractivity contribution in [2.24, 2.45) is 5.41 Å². The SMILES string of the molecule is CN(C)CC(C)(C)CNC(=O)CCNC(C)(C)C. The lowest BCUT2D eigenvalue weighted by molar-refractivity contribution is -0.121. The maximum absolute atomic E-state index is 11.7. The highest BCUT2D eigenvalue weighted by Crippen LogP contribution is 2.14. The number of carbonyl (C=O) groups excluding carboxylic acids is 1. The van der Waals surface area contributed by atoms with Crippen LogP contribution in [0.15, 0.2) is 0 Å². The van der Waals surface area contributed by atoms with Crippen LogP contribution < -0.4 is 10.6 Å². The zero-order valence-electron chi connectivity index (χ0n) is 13.2. The van der Waals surface area contributed by atoms with Gasteiger partial charge < -0.3 is 15.5 Å². The van der Waals surface area contributed by atoms with Gasteiger partial charge in [-0.3, -0.25) is 4.79 Å². The van der Waals surface area contributed by atoms with Crippen LogP contribution in [0, 0.1) is 5.41 Å². The number of carbonyl (C=O) groups is 1. The average Bonchev–Trinajstić information content (AvgIpc) is 2.10. The second-order valence-corrected chi connectivity index (χ2v) is 7.11. The normalized spacial score (nSPS) is 12.9. The van der Waals surface area contributed by atoms with Gasteiger partial charge in [-0.2, -0.15) is 0 Å². The number of nitrogens with one attached hydrogen (secondary N) is 2. The fourth-order valence-electron chi connectivity index (χ4n) is 1.89. The van der Waals surface area contributed by atoms with E-state index in [9.17, 15) is 4.79 Å². The molecule has 4 heteroatoms. The number of amides is 1. The molecule has 0 aromatic carbocycles. The molecule has 0 saturated heterocycles. The van der Waals surface area contributed by atoms with E-state index in [4.69, 9.17) is 0 Å². The molecule has 0 rings (SSSR count). The third-order valence-electron chi connectivity index (χ3n) is 2.52. The molecule has 2 N–H and O–H groups in total. The van der Waals surface area contributed by atoms with Crippen LogP contribution >= 0.6 is 0 Å². The van der Waals surface area contributed by atoms with Crippen LogP contribution in [0.1, 0.15) is 41.0 Å². The Morgan fingerprint density at radius 1 is 1.11 bits per heavy atom. The summed E-state index contributed by atoms with van der Waals surface area (Å²) in [5.41, 5.74) is 0.182. The zero-order chi connectivity index (χ0) is 14.4. The second-order valence-electron chi connectivity index (χ2n) is 7.11. The van der Waals surface area contributed by atoms with Gasteiger partial charge in [0.2, 0.25) is 5.91 Å². The molecule has 0 unspecified atom stereocenters. The smallest absolute Gasteiger partial charge is 0.221 e. The summed E-state index contributed by atoms with van der Waals surface area (Å²) < 4.78 is 0. The molecule has 0 aliphatic heterocycles. The number of hydrogen-bond acceptors (Lipinski definition) is 3. The molecule has 0 aliphatic rings. The van der Waals surface area contributed by atoms with Gasteiger partial charge in [-0.1, -0.05) is 13.8 Å². The summed E-state index contributed by atoms with van der Waals surface area (Å²) in [6, 6.07) is 0. The monoisotopic (exact) mass is 257 g/mol. The van der Waals surface area contributed by atoms with Gasteiger partial charge in [0.25, 0.3) is 0 Å². The van der Waals surface area contributed by atoms with Crippen molar-refractivity contribution in [3.8, 4) is 0 Å². The summed E-state index contributed by atoms with van der Waals surface area (Å²) >= 11 is 0. The van der Waals surface area contributed by atoms with Crippen LogP contribution in [0.3, 0.4) is 0 Å². The Labute approximate surface area is 113 Å². The van der Waals surface area contributed by atoms with Gasteiger partial charge in [-0.25, -0.2) is 0 Å². The first-order chi connectivity index (χ1) is 8.02. The van der Waals surface area contributed by atoms with Gasteiger partial charge in [0.05, 0.1) is 0 Å². The lowest BCUT2D eigenvalue weighted by Crippen LogP contribution is -2.42. The van der Waals surface area contributed by atoms with Crippen molar-refractivity contribution in [2.45, 2.75) is 46.6 Å². The van der Waals surface area contributed by atoms with E-state index in [-0.39, 0.29) is 16.9 Å². The maximum Gasteiger partial charge on any atom is 0.221 e. The van der Waals surface area contributed by atoms with Gasteiger partial charge in [0.15, 0.2) is 0 Å². The van der Waals surface area contributed by atoms with E-state index < -0.39 is 0 Å². The van der Waals surface area contributed by atoms with E-state index >= 15 is 0 Å². The standard InChI is InChI=1S/C14H31N3O/c1-13(2,3)16-9-8-12(18)15-10-14(4,5)11-17(6)7/h16H,8-11H2,1-7H3,(H,15,18). The highest BCUT2D eigenvalue weighted by molar-refractivity contribution is 5.76. The third-order valence-corrected chi connectivity index (χ3v) is 2.52. The molecule has 0 saturated carbocycles. The molecule has 18 heavy (non-hydrogen) atoms. The molecule has 0 spiro atoms. The highest BCUT2D eigenvalue weighted by atomic mass is 16.1. The van der Waals surface area contributed by atoms with E-state index in [1.54, 1.807) is 0 Å². The van der Waals surface area contributed by atoms with Crippen LogP contribution in [0.4, 0.5) is 0 Å². The van der Waals surface area contributed by atoms with E-state index in [0.29, 0.717) is 6.42 Å². The Kier molecular flexibility index (Phi) is 6.86. The highest BCUT2D eigenvalue weighted by Gasteiger charge is 2.19. The Bertz CT molecular complexity index is 254. The predicted octanol–water partition coefficient (Wildman–Crippen LogP) is 1.47. The van der Waals surface area contributed by atoms with E-state index in [1.165, 1.54) is 0 Å². The van der Waals surface area contributed by atoms with Crippen LogP contribution in [-0.2, 0) is 4.79 Å². The van der Waals surface area contributed by atoms with Crippen LogP contribution in [0.5, 0.6) is 0 Å². The van der Waals surface area contributed by atoms with Gasteiger partial charge in [0, 0.05) is 31.6 Å². The van der Waals surface area contributed by atoms with Crippen LogP contribution in [0.2, 0.25) is 0 Å². The molecule has 0 atom stereocenters. The fourth-order valence-corrected chi connectivity index (χ4v) is 1.89. The summed E-state index contributed by atoms with van der Waals surface area (Å²) in [5.74, 6) is 0.124. The number of hydrogen-bond donors (Lipinski definition) is 2. The van der Waals surface area contributed by atoms with Crippen molar-refractivity contribution in [3.05, 3.63) is 0 Å². The summed E-state index contributed by atoms with van der Waals surface area (Å²) in [6.07, 6.45) is 0.537. The molecular weight excluding hydrogens is 226 g/mol. The molecular formula is C14H31N3O. The van der Waals surface area contributed by atoms with Crippen molar-refractivity contribution in [2.75, 3.05) is 33.7 Å². The number of nitrogens with zero attached hydrogens (tertiary/aromatic N) is 1. The summed E-state index contributed by atoms with van der Waals surface area (Å²) in [7, 11) is 4.10. The molecule has 0 aromatic rings. The lowest BCUT2D eigenvalue weighted by Gasteiger charge is -2.28. The van der Waals surface area contributed by atoms with Crippen molar-refractivity contribution >= 4 is 5.91 Å². The minimum atomic E-state index is 0.0739. The van der Waals surface area contributed by atoms with Gasteiger partial charge in [-0.15, -0.1) is 0 Å². The van der Waals surface area contributed by atoms with Gasteiger partial charge >= 0.3 is 0 Å². The first-order valence-corrected chi connectivity index (χ1v) is 6.68. The molecule has 0 aromatic heterocycles. The Hall–Kier alpha value is -0.610. The van der Waals surface area contributed by atoms with E-state index in [0.717, 1.165) is 19.6 Å². The third kappa shape index (κ3) is 10.5. The Morgan fingerprint density at radius 2 is 1.67 bits per heavy atom. The zero-order valence-corrected chi connectivity index (χ0v) is 13.2. The minimum absolute atomic E-state index is 0.0739. The molecule has 0 heterocycles.